The number of aliphatic hydroxyl groups is 1. The van der Waals surface area contributed by atoms with Crippen molar-refractivity contribution < 1.29 is 14.6 Å². The smallest absolute Gasteiger partial charge is 0.338 e. The highest BCUT2D eigenvalue weighted by molar-refractivity contribution is 5.89. The predicted octanol–water partition coefficient (Wildman–Crippen LogP) is 2.67. The fraction of sp³-hybridized carbons (Fsp3) is 0.562. The molecule has 0 saturated heterocycles. The number of ether oxygens (including phenoxy) is 1. The number of benzene rings is 1. The molecule has 0 bridgehead atoms. The number of hydrogen-bond acceptors (Lipinski definition) is 4. The van der Waals surface area contributed by atoms with E-state index >= 15 is 0 Å². The van der Waals surface area contributed by atoms with Gasteiger partial charge in [0.25, 0.3) is 0 Å². The number of aliphatic hydroxyl groups excluding tert-OH is 1. The van der Waals surface area contributed by atoms with Crippen molar-refractivity contribution in [1.82, 2.24) is 5.32 Å². The van der Waals surface area contributed by atoms with Crippen molar-refractivity contribution in [2.75, 3.05) is 13.2 Å². The Kier molecular flexibility index (Phi) is 6.17. The first-order valence-corrected chi connectivity index (χ1v) is 7.01. The van der Waals surface area contributed by atoms with E-state index in [9.17, 15) is 4.79 Å². The van der Waals surface area contributed by atoms with Gasteiger partial charge in [-0.25, -0.2) is 4.79 Å². The van der Waals surface area contributed by atoms with E-state index in [2.05, 4.69) is 5.32 Å². The van der Waals surface area contributed by atoms with Crippen LogP contribution in [0.1, 0.15) is 56.1 Å². The molecule has 1 aromatic rings. The van der Waals surface area contributed by atoms with Gasteiger partial charge in [0.2, 0.25) is 0 Å². The SMILES string of the molecule is CC(NCCCO)c1cccc(C(=O)OC(C)(C)C)c1. The second kappa shape index (κ2) is 7.41. The van der Waals surface area contributed by atoms with Crippen LogP contribution in [0.4, 0.5) is 0 Å². The van der Waals surface area contributed by atoms with E-state index in [4.69, 9.17) is 9.84 Å². The van der Waals surface area contributed by atoms with E-state index in [1.54, 1.807) is 6.07 Å². The highest BCUT2D eigenvalue weighted by Gasteiger charge is 2.18. The van der Waals surface area contributed by atoms with Crippen molar-refractivity contribution in [2.24, 2.45) is 0 Å². The molecule has 0 aliphatic rings. The summed E-state index contributed by atoms with van der Waals surface area (Å²) in [5, 5.41) is 12.1. The quantitative estimate of drug-likeness (QED) is 0.621. The average Bonchev–Trinajstić information content (AvgIpc) is 2.37. The highest BCUT2D eigenvalue weighted by atomic mass is 16.6. The summed E-state index contributed by atoms with van der Waals surface area (Å²) in [7, 11) is 0. The lowest BCUT2D eigenvalue weighted by Crippen LogP contribution is -2.24. The molecule has 1 rings (SSSR count). The van der Waals surface area contributed by atoms with Crippen molar-refractivity contribution >= 4 is 5.97 Å². The largest absolute Gasteiger partial charge is 0.456 e. The number of hydrogen-bond donors (Lipinski definition) is 2. The highest BCUT2D eigenvalue weighted by Crippen LogP contribution is 2.17. The average molecular weight is 279 g/mol. The van der Waals surface area contributed by atoms with Crippen LogP contribution >= 0.6 is 0 Å². The molecule has 0 aromatic heterocycles. The maximum Gasteiger partial charge on any atom is 0.338 e. The predicted molar refractivity (Wildman–Crippen MR) is 79.7 cm³/mol. The molecule has 1 atom stereocenters. The molecule has 112 valence electrons. The monoisotopic (exact) mass is 279 g/mol. The second-order valence-electron chi connectivity index (χ2n) is 5.88. The Bertz CT molecular complexity index is 438. The third kappa shape index (κ3) is 5.72. The summed E-state index contributed by atoms with van der Waals surface area (Å²) in [6.45, 7) is 8.52. The Labute approximate surface area is 121 Å². The number of nitrogens with one attached hydrogen (secondary N) is 1. The third-order valence-corrected chi connectivity index (χ3v) is 2.81. The van der Waals surface area contributed by atoms with E-state index in [1.807, 2.05) is 45.9 Å². The molecule has 4 heteroatoms. The second-order valence-corrected chi connectivity index (χ2v) is 5.88. The normalized spacial score (nSPS) is 13.1. The zero-order chi connectivity index (χ0) is 15.2. The number of carbonyl (C=O) groups is 1. The molecule has 0 heterocycles. The summed E-state index contributed by atoms with van der Waals surface area (Å²) in [6.07, 6.45) is 0.718. The van der Waals surface area contributed by atoms with Crippen LogP contribution in [-0.2, 0) is 4.74 Å². The molecule has 0 fully saturated rings. The molecule has 0 radical (unpaired) electrons. The number of rotatable bonds is 6. The fourth-order valence-corrected chi connectivity index (χ4v) is 1.79. The van der Waals surface area contributed by atoms with Crippen LogP contribution in [-0.4, -0.2) is 29.8 Å². The van der Waals surface area contributed by atoms with Gasteiger partial charge < -0.3 is 15.2 Å². The summed E-state index contributed by atoms with van der Waals surface area (Å²) in [5.41, 5.74) is 1.11. The Morgan fingerprint density at radius 1 is 1.40 bits per heavy atom. The van der Waals surface area contributed by atoms with Crippen LogP contribution in [0.15, 0.2) is 24.3 Å². The molecule has 1 unspecified atom stereocenters. The van der Waals surface area contributed by atoms with Crippen LogP contribution in [0, 0.1) is 0 Å². The summed E-state index contributed by atoms with van der Waals surface area (Å²) < 4.78 is 5.36. The van der Waals surface area contributed by atoms with Gasteiger partial charge in [0.1, 0.15) is 5.60 Å². The van der Waals surface area contributed by atoms with Gasteiger partial charge in [0.05, 0.1) is 5.56 Å². The van der Waals surface area contributed by atoms with Crippen LogP contribution in [0.2, 0.25) is 0 Å². The minimum absolute atomic E-state index is 0.129. The van der Waals surface area contributed by atoms with E-state index in [-0.39, 0.29) is 18.6 Å². The molecule has 4 nitrogen and oxygen atoms in total. The van der Waals surface area contributed by atoms with Gasteiger partial charge in [-0.1, -0.05) is 12.1 Å². The Balaban J connectivity index is 2.72. The maximum atomic E-state index is 12.0. The molecule has 1 aromatic carbocycles. The molecule has 20 heavy (non-hydrogen) atoms. The molecule has 0 spiro atoms. The van der Waals surface area contributed by atoms with Gasteiger partial charge in [-0.2, -0.15) is 0 Å². The van der Waals surface area contributed by atoms with Crippen LogP contribution in [0.5, 0.6) is 0 Å². The summed E-state index contributed by atoms with van der Waals surface area (Å²) in [6, 6.07) is 7.58. The van der Waals surface area contributed by atoms with Crippen LogP contribution < -0.4 is 5.32 Å². The first-order chi connectivity index (χ1) is 9.33. The Morgan fingerprint density at radius 2 is 2.10 bits per heavy atom. The van der Waals surface area contributed by atoms with Crippen molar-refractivity contribution in [3.05, 3.63) is 35.4 Å². The molecule has 0 aliphatic heterocycles. The Hall–Kier alpha value is -1.39. The van der Waals surface area contributed by atoms with Crippen LogP contribution in [0.25, 0.3) is 0 Å². The third-order valence-electron chi connectivity index (χ3n) is 2.81. The van der Waals surface area contributed by atoms with Crippen LogP contribution in [0.3, 0.4) is 0 Å². The molecule has 0 amide bonds. The zero-order valence-corrected chi connectivity index (χ0v) is 12.8. The van der Waals surface area contributed by atoms with E-state index in [0.29, 0.717) is 5.56 Å². The number of carbonyl (C=O) groups excluding carboxylic acids is 1. The molecule has 2 N–H and O–H groups in total. The van der Waals surface area contributed by atoms with Gasteiger partial charge in [-0.05, 0) is 58.4 Å². The van der Waals surface area contributed by atoms with E-state index in [1.165, 1.54) is 0 Å². The van der Waals surface area contributed by atoms with Gasteiger partial charge in [-0.15, -0.1) is 0 Å². The minimum atomic E-state index is -0.488. The van der Waals surface area contributed by atoms with Crippen molar-refractivity contribution in [1.29, 1.82) is 0 Å². The Morgan fingerprint density at radius 3 is 2.70 bits per heavy atom. The topological polar surface area (TPSA) is 58.6 Å². The van der Waals surface area contributed by atoms with Gasteiger partial charge in [-0.3, -0.25) is 0 Å². The van der Waals surface area contributed by atoms with Gasteiger partial charge in [0.15, 0.2) is 0 Å². The maximum absolute atomic E-state index is 12.0. The van der Waals surface area contributed by atoms with Crippen molar-refractivity contribution in [2.45, 2.75) is 45.8 Å². The molecular formula is C16H25NO3. The molecule has 0 aliphatic carbocycles. The lowest BCUT2D eigenvalue weighted by Gasteiger charge is -2.20. The minimum Gasteiger partial charge on any atom is -0.456 e. The summed E-state index contributed by atoms with van der Waals surface area (Å²) in [4.78, 5) is 12.0. The number of esters is 1. The van der Waals surface area contributed by atoms with E-state index in [0.717, 1.165) is 18.5 Å². The zero-order valence-electron chi connectivity index (χ0n) is 12.8. The van der Waals surface area contributed by atoms with E-state index < -0.39 is 5.60 Å². The lowest BCUT2D eigenvalue weighted by atomic mass is 10.0. The molecule has 0 saturated carbocycles. The van der Waals surface area contributed by atoms with Crippen molar-refractivity contribution in [3.8, 4) is 0 Å². The van der Waals surface area contributed by atoms with Gasteiger partial charge >= 0.3 is 5.97 Å². The van der Waals surface area contributed by atoms with Gasteiger partial charge in [0, 0.05) is 12.6 Å². The lowest BCUT2D eigenvalue weighted by molar-refractivity contribution is 0.00694. The molecular weight excluding hydrogens is 254 g/mol. The summed E-state index contributed by atoms with van der Waals surface area (Å²) >= 11 is 0. The van der Waals surface area contributed by atoms with Crippen molar-refractivity contribution in [3.63, 3.8) is 0 Å². The standard InChI is InChI=1S/C16H25NO3/c1-12(17-9-6-10-18)13-7-5-8-14(11-13)15(19)20-16(2,3)4/h5,7-8,11-12,17-18H,6,9-10H2,1-4H3. The first-order valence-electron chi connectivity index (χ1n) is 7.01. The first kappa shape index (κ1) is 16.7. The summed E-state index contributed by atoms with van der Waals surface area (Å²) in [5.74, 6) is -0.304. The fourth-order valence-electron chi connectivity index (χ4n) is 1.79.